The summed E-state index contributed by atoms with van der Waals surface area (Å²) in [6.45, 7) is 3.75. The molecule has 0 bridgehead atoms. The predicted octanol–water partition coefficient (Wildman–Crippen LogP) is 2.28. The summed E-state index contributed by atoms with van der Waals surface area (Å²) in [7, 11) is 1.21. The molecule has 1 aromatic carbocycles. The van der Waals surface area contributed by atoms with Crippen LogP contribution in [0.25, 0.3) is 0 Å². The van der Waals surface area contributed by atoms with Gasteiger partial charge >= 0.3 is 5.97 Å². The number of carbonyl (C=O) groups excluding carboxylic acids is 2. The van der Waals surface area contributed by atoms with Crippen LogP contribution in [0.2, 0.25) is 0 Å². The van der Waals surface area contributed by atoms with Crippen LogP contribution in [0, 0.1) is 17.6 Å². The first kappa shape index (κ1) is 16.1. The molecule has 0 aliphatic heterocycles. The molecule has 20 heavy (non-hydrogen) atoms. The average molecular weight is 285 g/mol. The molecule has 0 radical (unpaired) electrons. The summed E-state index contributed by atoms with van der Waals surface area (Å²) >= 11 is 0. The van der Waals surface area contributed by atoms with Crippen molar-refractivity contribution in [2.75, 3.05) is 7.11 Å². The van der Waals surface area contributed by atoms with Gasteiger partial charge in [0.2, 0.25) is 0 Å². The summed E-state index contributed by atoms with van der Waals surface area (Å²) in [4.78, 5) is 23.5. The van der Waals surface area contributed by atoms with Crippen molar-refractivity contribution in [2.24, 2.45) is 5.92 Å². The zero-order valence-electron chi connectivity index (χ0n) is 11.6. The molecule has 1 N–H and O–H groups in total. The molecule has 0 aliphatic rings. The number of esters is 1. The van der Waals surface area contributed by atoms with E-state index in [4.69, 9.17) is 0 Å². The van der Waals surface area contributed by atoms with Gasteiger partial charge in [-0.2, -0.15) is 0 Å². The maximum absolute atomic E-state index is 13.5. The Morgan fingerprint density at radius 2 is 1.95 bits per heavy atom. The van der Waals surface area contributed by atoms with Gasteiger partial charge in [-0.15, -0.1) is 0 Å². The van der Waals surface area contributed by atoms with Crippen LogP contribution < -0.4 is 5.32 Å². The van der Waals surface area contributed by atoms with Crippen LogP contribution in [0.15, 0.2) is 18.2 Å². The molecule has 1 atom stereocenters. The fourth-order valence-corrected chi connectivity index (χ4v) is 1.74. The molecule has 1 amide bonds. The van der Waals surface area contributed by atoms with Crippen molar-refractivity contribution >= 4 is 11.9 Å². The molecular formula is C14H17F2NO3. The van der Waals surface area contributed by atoms with Gasteiger partial charge in [-0.25, -0.2) is 13.6 Å². The summed E-state index contributed by atoms with van der Waals surface area (Å²) in [6, 6.07) is 1.76. The summed E-state index contributed by atoms with van der Waals surface area (Å²) in [5.41, 5.74) is -0.316. The molecule has 1 rings (SSSR count). The van der Waals surface area contributed by atoms with E-state index in [1.165, 1.54) is 7.11 Å². The molecule has 0 saturated carbocycles. The van der Waals surface area contributed by atoms with Crippen molar-refractivity contribution in [3.05, 3.63) is 35.4 Å². The lowest BCUT2D eigenvalue weighted by Crippen LogP contribution is -2.42. The van der Waals surface area contributed by atoms with Crippen LogP contribution in [-0.4, -0.2) is 25.0 Å². The highest BCUT2D eigenvalue weighted by molar-refractivity contribution is 5.97. The Morgan fingerprint density at radius 1 is 1.30 bits per heavy atom. The van der Waals surface area contributed by atoms with Crippen molar-refractivity contribution < 1.29 is 23.1 Å². The average Bonchev–Trinajstić information content (AvgIpc) is 2.36. The van der Waals surface area contributed by atoms with Crippen molar-refractivity contribution in [3.63, 3.8) is 0 Å². The number of carbonyl (C=O) groups is 2. The lowest BCUT2D eigenvalue weighted by Gasteiger charge is -2.18. The molecule has 6 heteroatoms. The van der Waals surface area contributed by atoms with Crippen LogP contribution in [-0.2, 0) is 9.53 Å². The van der Waals surface area contributed by atoms with E-state index < -0.39 is 29.6 Å². The summed E-state index contributed by atoms with van der Waals surface area (Å²) < 4.78 is 30.9. The van der Waals surface area contributed by atoms with E-state index in [-0.39, 0.29) is 11.5 Å². The van der Waals surface area contributed by atoms with Crippen molar-refractivity contribution in [2.45, 2.75) is 26.3 Å². The Labute approximate surface area is 116 Å². The molecule has 0 heterocycles. The zero-order chi connectivity index (χ0) is 15.3. The zero-order valence-corrected chi connectivity index (χ0v) is 11.6. The fourth-order valence-electron chi connectivity index (χ4n) is 1.74. The number of halogens is 2. The van der Waals surface area contributed by atoms with E-state index >= 15 is 0 Å². The van der Waals surface area contributed by atoms with E-state index in [2.05, 4.69) is 10.1 Å². The lowest BCUT2D eigenvalue weighted by molar-refractivity contribution is -0.143. The minimum atomic E-state index is -0.976. The third kappa shape index (κ3) is 4.29. The highest BCUT2D eigenvalue weighted by Gasteiger charge is 2.24. The number of methoxy groups -OCH3 is 1. The van der Waals surface area contributed by atoms with Gasteiger partial charge in [0.25, 0.3) is 5.91 Å². The summed E-state index contributed by atoms with van der Waals surface area (Å²) in [5.74, 6) is -2.99. The monoisotopic (exact) mass is 285 g/mol. The standard InChI is InChI=1S/C14H17F2NO3/c1-8(2)6-12(14(19)20-3)17-13(18)10-5-4-9(15)7-11(10)16/h4-5,7-8,12H,6H2,1-3H3,(H,17,18)/t12-/m0/s1. The molecule has 0 unspecified atom stereocenters. The maximum atomic E-state index is 13.5. The maximum Gasteiger partial charge on any atom is 0.328 e. The number of nitrogens with one attached hydrogen (secondary N) is 1. The van der Waals surface area contributed by atoms with Crippen LogP contribution in [0.3, 0.4) is 0 Å². The van der Waals surface area contributed by atoms with Crippen LogP contribution in [0.5, 0.6) is 0 Å². The first-order chi connectivity index (χ1) is 9.35. The van der Waals surface area contributed by atoms with Crippen LogP contribution in [0.4, 0.5) is 8.78 Å². The lowest BCUT2D eigenvalue weighted by atomic mass is 10.0. The second-order valence-electron chi connectivity index (χ2n) is 4.80. The molecule has 0 fully saturated rings. The van der Waals surface area contributed by atoms with Gasteiger partial charge in [-0.1, -0.05) is 13.8 Å². The summed E-state index contributed by atoms with van der Waals surface area (Å²) in [5, 5.41) is 2.40. The molecule has 1 aromatic rings. The third-order valence-corrected chi connectivity index (χ3v) is 2.67. The molecular weight excluding hydrogens is 268 g/mol. The van der Waals surface area contributed by atoms with Gasteiger partial charge in [-0.3, -0.25) is 4.79 Å². The van der Waals surface area contributed by atoms with Gasteiger partial charge in [0.1, 0.15) is 17.7 Å². The Hall–Kier alpha value is -1.98. The minimum absolute atomic E-state index is 0.137. The normalized spacial score (nSPS) is 12.1. The highest BCUT2D eigenvalue weighted by Crippen LogP contribution is 2.12. The fraction of sp³-hybridized carbons (Fsp3) is 0.429. The van der Waals surface area contributed by atoms with Crippen molar-refractivity contribution in [3.8, 4) is 0 Å². The number of ether oxygens (including phenoxy) is 1. The molecule has 4 nitrogen and oxygen atoms in total. The first-order valence-corrected chi connectivity index (χ1v) is 6.19. The van der Waals surface area contributed by atoms with E-state index in [9.17, 15) is 18.4 Å². The molecule has 0 aromatic heterocycles. The number of benzene rings is 1. The van der Waals surface area contributed by atoms with Gasteiger partial charge < -0.3 is 10.1 Å². The highest BCUT2D eigenvalue weighted by atomic mass is 19.1. The van der Waals surface area contributed by atoms with Gasteiger partial charge in [0.15, 0.2) is 0 Å². The number of hydrogen-bond acceptors (Lipinski definition) is 3. The second-order valence-corrected chi connectivity index (χ2v) is 4.80. The quantitative estimate of drug-likeness (QED) is 0.844. The third-order valence-electron chi connectivity index (χ3n) is 2.67. The molecule has 0 aliphatic carbocycles. The largest absolute Gasteiger partial charge is 0.467 e. The minimum Gasteiger partial charge on any atom is -0.467 e. The molecule has 110 valence electrons. The number of amides is 1. The Kier molecular flexibility index (Phi) is 5.61. The van der Waals surface area contributed by atoms with Crippen LogP contribution in [0.1, 0.15) is 30.6 Å². The van der Waals surface area contributed by atoms with Gasteiger partial charge in [-0.05, 0) is 24.5 Å². The number of hydrogen-bond donors (Lipinski definition) is 1. The van der Waals surface area contributed by atoms with E-state index in [0.29, 0.717) is 12.5 Å². The smallest absolute Gasteiger partial charge is 0.328 e. The van der Waals surface area contributed by atoms with E-state index in [1.54, 1.807) is 0 Å². The molecule has 0 spiro atoms. The van der Waals surface area contributed by atoms with Crippen molar-refractivity contribution in [1.82, 2.24) is 5.32 Å². The Balaban J connectivity index is 2.87. The Bertz CT molecular complexity index is 503. The topological polar surface area (TPSA) is 55.4 Å². The van der Waals surface area contributed by atoms with E-state index in [1.807, 2.05) is 13.8 Å². The number of rotatable bonds is 5. The molecule has 0 saturated heterocycles. The predicted molar refractivity (Wildman–Crippen MR) is 69.1 cm³/mol. The van der Waals surface area contributed by atoms with Crippen LogP contribution >= 0.6 is 0 Å². The Morgan fingerprint density at radius 3 is 2.45 bits per heavy atom. The summed E-state index contributed by atoms with van der Waals surface area (Å²) in [6.07, 6.45) is 0.362. The second kappa shape index (κ2) is 6.98. The van der Waals surface area contributed by atoms with Gasteiger partial charge in [0, 0.05) is 6.07 Å². The SMILES string of the molecule is COC(=O)[C@H](CC(C)C)NC(=O)c1ccc(F)cc1F. The first-order valence-electron chi connectivity index (χ1n) is 6.19. The van der Waals surface area contributed by atoms with Gasteiger partial charge in [0.05, 0.1) is 12.7 Å². The van der Waals surface area contributed by atoms with Crippen molar-refractivity contribution in [1.29, 1.82) is 0 Å². The van der Waals surface area contributed by atoms with E-state index in [0.717, 1.165) is 12.1 Å².